The maximum absolute atomic E-state index is 13.5. The molecule has 0 saturated carbocycles. The van der Waals surface area contributed by atoms with Crippen molar-refractivity contribution in [3.63, 3.8) is 0 Å². The number of hydrogen-bond donors (Lipinski definition) is 4. The molecular weight excluding hydrogens is 592 g/mol. The summed E-state index contributed by atoms with van der Waals surface area (Å²) in [5, 5.41) is 43.1. The molecule has 0 aliphatic carbocycles. The van der Waals surface area contributed by atoms with E-state index >= 15 is 0 Å². The van der Waals surface area contributed by atoms with E-state index in [1.54, 1.807) is 60.7 Å². The van der Waals surface area contributed by atoms with Crippen molar-refractivity contribution in [1.29, 1.82) is 0 Å². The number of benzene rings is 2. The van der Waals surface area contributed by atoms with E-state index in [1.165, 1.54) is 6.07 Å². The number of amides is 4. The summed E-state index contributed by atoms with van der Waals surface area (Å²) < 4.78 is 0.427. The Morgan fingerprint density at radius 2 is 1.72 bits per heavy atom. The normalized spacial score (nSPS) is 17.2. The minimum atomic E-state index is -1.51. The number of nitrogens with one attached hydrogen (secondary N) is 2. The van der Waals surface area contributed by atoms with Gasteiger partial charge < -0.3 is 37.0 Å². The Morgan fingerprint density at radius 1 is 1.04 bits per heavy atom. The van der Waals surface area contributed by atoms with Crippen LogP contribution in [0.1, 0.15) is 56.1 Å². The number of fused-ring (bicyclic) bond motifs is 1. The van der Waals surface area contributed by atoms with E-state index in [1.807, 2.05) is 25.7 Å². The van der Waals surface area contributed by atoms with Crippen LogP contribution >= 0.6 is 0 Å². The fraction of sp³-hybridized carbons (Fsp3) is 0.424. The molecule has 0 radical (unpaired) electrons. The van der Waals surface area contributed by atoms with Gasteiger partial charge in [-0.05, 0) is 64.3 Å². The van der Waals surface area contributed by atoms with Crippen molar-refractivity contribution in [2.24, 2.45) is 5.73 Å². The number of aliphatic hydroxyl groups is 1. The lowest BCUT2D eigenvalue weighted by atomic mass is 9.99. The average molecular weight is 634 g/mol. The van der Waals surface area contributed by atoms with Crippen molar-refractivity contribution >= 4 is 34.5 Å². The molecule has 4 amide bonds. The van der Waals surface area contributed by atoms with Gasteiger partial charge >= 0.3 is 5.91 Å². The van der Waals surface area contributed by atoms with Gasteiger partial charge in [-0.2, -0.15) is 4.73 Å². The summed E-state index contributed by atoms with van der Waals surface area (Å²) in [5.74, 6) is -3.36. The van der Waals surface area contributed by atoms with Crippen LogP contribution in [-0.4, -0.2) is 81.6 Å². The fourth-order valence-corrected chi connectivity index (χ4v) is 5.80. The zero-order chi connectivity index (χ0) is 33.6. The van der Waals surface area contributed by atoms with Crippen LogP contribution in [0.25, 0.3) is 10.9 Å². The quantitative estimate of drug-likeness (QED) is 0.129. The number of hydrogen-bond acceptors (Lipinski definition) is 8. The number of carbonyl (C=O) groups is 4. The van der Waals surface area contributed by atoms with Crippen molar-refractivity contribution in [1.82, 2.24) is 20.6 Å². The molecule has 0 unspecified atom stereocenters. The molecule has 1 aliphatic rings. The Kier molecular flexibility index (Phi) is 10.9. The van der Waals surface area contributed by atoms with Crippen LogP contribution in [0.4, 0.5) is 0 Å². The van der Waals surface area contributed by atoms with Gasteiger partial charge in [0.05, 0.1) is 24.6 Å². The highest BCUT2D eigenvalue weighted by Crippen LogP contribution is 2.27. The minimum absolute atomic E-state index is 0.0653. The summed E-state index contributed by atoms with van der Waals surface area (Å²) in [6, 6.07) is 15.1. The van der Waals surface area contributed by atoms with Gasteiger partial charge in [0.2, 0.25) is 23.2 Å². The molecule has 13 heteroatoms. The molecule has 1 aromatic heterocycles. The highest BCUT2D eigenvalue weighted by atomic mass is 16.5. The molecular formula is C33H41N6O7-. The van der Waals surface area contributed by atoms with Gasteiger partial charge in [0, 0.05) is 29.6 Å². The van der Waals surface area contributed by atoms with Crippen molar-refractivity contribution in [2.75, 3.05) is 13.1 Å². The molecule has 246 valence electrons. The third kappa shape index (κ3) is 8.36. The number of nitrogens with zero attached hydrogens (tertiary/aromatic N) is 3. The molecule has 2 heterocycles. The van der Waals surface area contributed by atoms with Crippen LogP contribution in [0.3, 0.4) is 0 Å². The van der Waals surface area contributed by atoms with E-state index in [4.69, 9.17) is 5.73 Å². The maximum Gasteiger partial charge on any atom is 0.318 e. The lowest BCUT2D eigenvalue weighted by Gasteiger charge is -2.41. The van der Waals surface area contributed by atoms with Gasteiger partial charge in [-0.1, -0.05) is 42.5 Å². The second kappa shape index (κ2) is 14.7. The van der Waals surface area contributed by atoms with E-state index < -0.39 is 60.8 Å². The Labute approximate surface area is 267 Å². The molecule has 46 heavy (non-hydrogen) atoms. The maximum atomic E-state index is 13.5. The molecule has 4 rings (SSSR count). The third-order valence-electron chi connectivity index (χ3n) is 8.14. The molecule has 13 nitrogen and oxygen atoms in total. The Balaban J connectivity index is 1.52. The first-order chi connectivity index (χ1) is 21.8. The number of hydroxylamine groups is 2. The Bertz CT molecular complexity index is 1560. The van der Waals surface area contributed by atoms with Gasteiger partial charge in [-0.15, -0.1) is 0 Å². The average Bonchev–Trinajstić information content (AvgIpc) is 3.51. The molecule has 1 fully saturated rings. The van der Waals surface area contributed by atoms with Crippen molar-refractivity contribution in [3.05, 3.63) is 88.4 Å². The van der Waals surface area contributed by atoms with Crippen molar-refractivity contribution < 1.29 is 29.0 Å². The number of likely N-dealkylation sites (tertiary alicyclic amines) is 1. The number of primary amides is 1. The monoisotopic (exact) mass is 633 g/mol. The van der Waals surface area contributed by atoms with Gasteiger partial charge in [0.25, 0.3) is 5.69 Å². The second-order valence-electron chi connectivity index (χ2n) is 12.6. The van der Waals surface area contributed by atoms with E-state index in [0.29, 0.717) is 28.6 Å². The first kappa shape index (κ1) is 34.3. The summed E-state index contributed by atoms with van der Waals surface area (Å²) in [6.07, 6.45) is -0.770. The molecule has 3 aromatic rings. The lowest BCUT2D eigenvalue weighted by molar-refractivity contribution is -0.579. The number of carbonyl (C=O) groups excluding carboxylic acids is 4. The van der Waals surface area contributed by atoms with Crippen LogP contribution in [-0.2, 0) is 20.8 Å². The fourth-order valence-electron chi connectivity index (χ4n) is 5.80. The smallest absolute Gasteiger partial charge is 0.318 e. The highest BCUT2D eigenvalue weighted by Gasteiger charge is 2.38. The summed E-state index contributed by atoms with van der Waals surface area (Å²) in [6.45, 7) is 5.94. The zero-order valence-corrected chi connectivity index (χ0v) is 26.2. The van der Waals surface area contributed by atoms with Crippen LogP contribution in [0.5, 0.6) is 0 Å². The van der Waals surface area contributed by atoms with Gasteiger partial charge in [-0.25, -0.2) is 0 Å². The Hall–Kier alpha value is -4.59. The Morgan fingerprint density at radius 3 is 2.39 bits per heavy atom. The van der Waals surface area contributed by atoms with E-state index in [2.05, 4.69) is 10.6 Å². The summed E-state index contributed by atoms with van der Waals surface area (Å²) in [7, 11) is 0. The SMILES string of the molecule is CC(C)(C)N1CCC[C@H]1C(=O)N([O-])C[C@@H](O)[C@H](Cc1ccccc1)NC(=O)[C@H](CC(N)=O)NC(=O)c1ccc2ccccc2[n+]1[O-]. The predicted molar refractivity (Wildman–Crippen MR) is 171 cm³/mol. The number of aliphatic hydroxyl groups excluding tert-OH is 1. The summed E-state index contributed by atoms with van der Waals surface area (Å²) in [4.78, 5) is 53.8. The zero-order valence-electron chi connectivity index (χ0n) is 26.2. The molecule has 2 aromatic carbocycles. The summed E-state index contributed by atoms with van der Waals surface area (Å²) in [5.41, 5.74) is 5.69. The van der Waals surface area contributed by atoms with E-state index in [0.717, 1.165) is 6.42 Å². The second-order valence-corrected chi connectivity index (χ2v) is 12.6. The van der Waals surface area contributed by atoms with Crippen LogP contribution < -0.4 is 21.1 Å². The molecule has 5 N–H and O–H groups in total. The first-order valence-electron chi connectivity index (χ1n) is 15.2. The largest absolute Gasteiger partial charge is 0.756 e. The lowest BCUT2D eigenvalue weighted by Crippen LogP contribution is -2.57. The number of nitrogens with two attached hydrogens (primary N) is 1. The summed E-state index contributed by atoms with van der Waals surface area (Å²) >= 11 is 0. The predicted octanol–water partition coefficient (Wildman–Crippen LogP) is 1.12. The van der Waals surface area contributed by atoms with Crippen LogP contribution in [0.2, 0.25) is 0 Å². The van der Waals surface area contributed by atoms with Gasteiger partial charge in [-0.3, -0.25) is 24.1 Å². The van der Waals surface area contributed by atoms with Crippen LogP contribution in [0.15, 0.2) is 66.7 Å². The van der Waals surface area contributed by atoms with E-state index in [-0.39, 0.29) is 28.2 Å². The standard InChI is InChI=1S/C33H41N6O7/c1-33(2,3)37-17-9-14-27(37)32(44)38(45)20-28(40)23(18-21-10-5-4-6-11-21)35-30(42)24(19-29(34)41)36-31(43)26-16-15-22-12-7-8-13-25(22)39(26)46/h4-8,10-13,15-16,23-24,27-28,40H,9,14,17-20H2,1-3H3,(H2,34,41)(H,35,42)(H,36,43)/q-1/t23-,24-,27-,28+/m0/s1. The highest BCUT2D eigenvalue weighted by molar-refractivity contribution is 5.97. The molecule has 0 spiro atoms. The number of aromatic nitrogens is 1. The first-order valence-corrected chi connectivity index (χ1v) is 15.2. The minimum Gasteiger partial charge on any atom is -0.756 e. The number of pyridine rings is 1. The molecule has 0 bridgehead atoms. The van der Waals surface area contributed by atoms with Crippen molar-refractivity contribution in [2.45, 2.75) is 76.2 Å². The third-order valence-corrected chi connectivity index (χ3v) is 8.14. The molecule has 1 aliphatic heterocycles. The van der Waals surface area contributed by atoms with Gasteiger partial charge in [0.1, 0.15) is 6.04 Å². The topological polar surface area (TPSA) is 195 Å². The number of rotatable bonds is 12. The number of para-hydroxylation sites is 1. The van der Waals surface area contributed by atoms with Crippen LogP contribution in [0, 0.1) is 10.4 Å². The van der Waals surface area contributed by atoms with Crippen molar-refractivity contribution in [3.8, 4) is 0 Å². The van der Waals surface area contributed by atoms with E-state index in [9.17, 15) is 34.7 Å². The molecule has 1 saturated heterocycles. The molecule has 4 atom stereocenters. The van der Waals surface area contributed by atoms with Gasteiger partial charge in [0.15, 0.2) is 0 Å².